The van der Waals surface area contributed by atoms with Gasteiger partial charge in [0.1, 0.15) is 11.4 Å². The first-order valence-electron chi connectivity index (χ1n) is 17.2. The summed E-state index contributed by atoms with van der Waals surface area (Å²) in [5, 5.41) is 1.06. The third kappa shape index (κ3) is 6.23. The lowest BCUT2D eigenvalue weighted by atomic mass is 9.96. The Balaban J connectivity index is 1.29. The standard InChI is InChI=1S/C47H31N5/c1-5-15-32(16-6-1)36-25-26-48-43(30-36)46-50-45(39-28-37(33-17-7-2-8-18-33)27-38(29-39)34-19-9-3-10-20-34)51-47(52-46)44-31-41(35-21-11-4-12-22-35)40-23-13-14-24-42(40)49-44/h1-31H. The van der Waals surface area contributed by atoms with Gasteiger partial charge in [0.15, 0.2) is 17.5 Å². The summed E-state index contributed by atoms with van der Waals surface area (Å²) in [5.41, 5.74) is 11.7. The second kappa shape index (κ2) is 13.7. The molecule has 0 aliphatic carbocycles. The Labute approximate surface area is 302 Å². The molecule has 244 valence electrons. The number of aromatic nitrogens is 5. The zero-order valence-electron chi connectivity index (χ0n) is 28.1. The van der Waals surface area contributed by atoms with Gasteiger partial charge < -0.3 is 0 Å². The molecule has 0 radical (unpaired) electrons. The molecule has 3 heterocycles. The number of hydrogen-bond acceptors (Lipinski definition) is 5. The van der Waals surface area contributed by atoms with Crippen molar-refractivity contribution in [2.75, 3.05) is 0 Å². The van der Waals surface area contributed by atoms with Crippen LogP contribution in [-0.4, -0.2) is 24.9 Å². The van der Waals surface area contributed by atoms with Crippen LogP contribution < -0.4 is 0 Å². The minimum Gasteiger partial charge on any atom is -0.253 e. The molecule has 0 unspecified atom stereocenters. The number of fused-ring (bicyclic) bond motifs is 1. The molecule has 0 N–H and O–H groups in total. The molecule has 0 saturated heterocycles. The summed E-state index contributed by atoms with van der Waals surface area (Å²) in [7, 11) is 0. The fourth-order valence-electron chi connectivity index (χ4n) is 6.59. The lowest BCUT2D eigenvalue weighted by Crippen LogP contribution is -2.03. The first-order chi connectivity index (χ1) is 25.7. The zero-order valence-corrected chi connectivity index (χ0v) is 28.1. The highest BCUT2D eigenvalue weighted by Gasteiger charge is 2.18. The van der Waals surface area contributed by atoms with E-state index in [-0.39, 0.29) is 0 Å². The summed E-state index contributed by atoms with van der Waals surface area (Å²) in [6.07, 6.45) is 1.81. The lowest BCUT2D eigenvalue weighted by Gasteiger charge is -2.13. The van der Waals surface area contributed by atoms with Crippen molar-refractivity contribution in [1.82, 2.24) is 24.9 Å². The Morgan fingerprint density at radius 1 is 0.288 bits per heavy atom. The maximum Gasteiger partial charge on any atom is 0.182 e. The van der Waals surface area contributed by atoms with Gasteiger partial charge in [0.25, 0.3) is 0 Å². The number of hydrogen-bond donors (Lipinski definition) is 0. The summed E-state index contributed by atoms with van der Waals surface area (Å²) in [6.45, 7) is 0. The van der Waals surface area contributed by atoms with Crippen LogP contribution in [-0.2, 0) is 0 Å². The summed E-state index contributed by atoms with van der Waals surface area (Å²) in [4.78, 5) is 25.3. The van der Waals surface area contributed by atoms with E-state index in [9.17, 15) is 0 Å². The number of pyridine rings is 2. The van der Waals surface area contributed by atoms with Crippen LogP contribution in [0.1, 0.15) is 0 Å². The van der Waals surface area contributed by atoms with E-state index in [4.69, 9.17) is 24.9 Å². The predicted octanol–water partition coefficient (Wildman–Crippen LogP) is 11.5. The van der Waals surface area contributed by atoms with E-state index in [0.717, 1.165) is 61.0 Å². The van der Waals surface area contributed by atoms with Crippen molar-refractivity contribution >= 4 is 10.9 Å². The van der Waals surface area contributed by atoms with E-state index in [0.29, 0.717) is 28.9 Å². The van der Waals surface area contributed by atoms with Crippen molar-refractivity contribution in [3.63, 3.8) is 0 Å². The van der Waals surface area contributed by atoms with Gasteiger partial charge in [-0.1, -0.05) is 140 Å². The van der Waals surface area contributed by atoms with Crippen molar-refractivity contribution < 1.29 is 0 Å². The van der Waals surface area contributed by atoms with E-state index in [2.05, 4.69) is 115 Å². The van der Waals surface area contributed by atoms with Crippen molar-refractivity contribution in [2.24, 2.45) is 0 Å². The van der Waals surface area contributed by atoms with Crippen LogP contribution in [0.5, 0.6) is 0 Å². The highest BCUT2D eigenvalue weighted by molar-refractivity contribution is 5.96. The van der Waals surface area contributed by atoms with Gasteiger partial charge in [0.2, 0.25) is 0 Å². The minimum absolute atomic E-state index is 0.473. The number of nitrogens with zero attached hydrogens (tertiary/aromatic N) is 5. The van der Waals surface area contributed by atoms with Gasteiger partial charge in [-0.25, -0.2) is 19.9 Å². The van der Waals surface area contributed by atoms with Crippen LogP contribution in [0.3, 0.4) is 0 Å². The molecule has 0 aliphatic heterocycles. The molecule has 0 aliphatic rings. The summed E-state index contributed by atoms with van der Waals surface area (Å²) in [5.74, 6) is 1.49. The molecular weight excluding hydrogens is 635 g/mol. The molecule has 0 atom stereocenters. The SMILES string of the molecule is c1ccc(-c2cc(-c3ccccc3)cc(-c3nc(-c4cc(-c5ccccc5)ccn4)nc(-c4cc(-c5ccccc5)c5ccccc5n4)n3)c2)cc1. The molecule has 5 nitrogen and oxygen atoms in total. The molecule has 0 fully saturated rings. The number of benzene rings is 6. The molecule has 0 spiro atoms. The smallest absolute Gasteiger partial charge is 0.182 e. The van der Waals surface area contributed by atoms with Gasteiger partial charge in [-0.2, -0.15) is 0 Å². The van der Waals surface area contributed by atoms with E-state index in [1.54, 1.807) is 0 Å². The van der Waals surface area contributed by atoms with Crippen LogP contribution in [0.4, 0.5) is 0 Å². The quantitative estimate of drug-likeness (QED) is 0.169. The summed E-state index contributed by atoms with van der Waals surface area (Å²) in [6, 6.07) is 62.3. The molecule has 6 aromatic carbocycles. The molecule has 0 bridgehead atoms. The first-order valence-corrected chi connectivity index (χ1v) is 17.2. The largest absolute Gasteiger partial charge is 0.253 e. The summed E-state index contributed by atoms with van der Waals surface area (Å²) < 4.78 is 0. The second-order valence-electron chi connectivity index (χ2n) is 12.6. The lowest BCUT2D eigenvalue weighted by molar-refractivity contribution is 1.05. The van der Waals surface area contributed by atoms with Gasteiger partial charge in [-0.05, 0) is 87.0 Å². The Hall–Kier alpha value is -7.11. The molecule has 0 amide bonds. The van der Waals surface area contributed by atoms with Crippen LogP contribution in [0, 0.1) is 0 Å². The monoisotopic (exact) mass is 665 g/mol. The Bertz CT molecular complexity index is 2600. The van der Waals surface area contributed by atoms with E-state index in [1.165, 1.54) is 0 Å². The van der Waals surface area contributed by atoms with Gasteiger partial charge in [0, 0.05) is 17.1 Å². The van der Waals surface area contributed by atoms with Crippen molar-refractivity contribution in [2.45, 2.75) is 0 Å². The zero-order chi connectivity index (χ0) is 34.7. The third-order valence-corrected chi connectivity index (χ3v) is 9.17. The molecule has 52 heavy (non-hydrogen) atoms. The Kier molecular flexibility index (Phi) is 8.12. The van der Waals surface area contributed by atoms with E-state index >= 15 is 0 Å². The maximum absolute atomic E-state index is 5.18. The third-order valence-electron chi connectivity index (χ3n) is 9.17. The van der Waals surface area contributed by atoms with Crippen molar-refractivity contribution in [3.8, 4) is 78.9 Å². The van der Waals surface area contributed by atoms with Crippen molar-refractivity contribution in [1.29, 1.82) is 0 Å². The average Bonchev–Trinajstić information content (AvgIpc) is 3.24. The molecular formula is C47H31N5. The molecule has 5 heteroatoms. The normalized spacial score (nSPS) is 11.1. The highest BCUT2D eigenvalue weighted by atomic mass is 15.1. The fourth-order valence-corrected chi connectivity index (χ4v) is 6.59. The molecule has 9 aromatic rings. The van der Waals surface area contributed by atoms with Crippen LogP contribution >= 0.6 is 0 Å². The van der Waals surface area contributed by atoms with Crippen LogP contribution in [0.25, 0.3) is 89.8 Å². The molecule has 3 aromatic heterocycles. The fraction of sp³-hybridized carbons (Fsp3) is 0. The van der Waals surface area contributed by atoms with Gasteiger partial charge >= 0.3 is 0 Å². The Morgan fingerprint density at radius 2 is 0.769 bits per heavy atom. The van der Waals surface area contributed by atoms with Crippen molar-refractivity contribution in [3.05, 3.63) is 188 Å². The Morgan fingerprint density at radius 3 is 1.38 bits per heavy atom. The predicted molar refractivity (Wildman–Crippen MR) is 211 cm³/mol. The minimum atomic E-state index is 0.473. The van der Waals surface area contributed by atoms with E-state index in [1.807, 2.05) is 72.9 Å². The summed E-state index contributed by atoms with van der Waals surface area (Å²) >= 11 is 0. The number of para-hydroxylation sites is 1. The van der Waals surface area contributed by atoms with E-state index < -0.39 is 0 Å². The van der Waals surface area contributed by atoms with Crippen LogP contribution in [0.15, 0.2) is 188 Å². The molecule has 0 saturated carbocycles. The number of rotatable bonds is 7. The highest BCUT2D eigenvalue weighted by Crippen LogP contribution is 2.35. The van der Waals surface area contributed by atoms with Gasteiger partial charge in [-0.3, -0.25) is 4.98 Å². The van der Waals surface area contributed by atoms with Crippen LogP contribution in [0.2, 0.25) is 0 Å². The topological polar surface area (TPSA) is 64.5 Å². The van der Waals surface area contributed by atoms with Gasteiger partial charge in [-0.15, -0.1) is 0 Å². The molecule has 9 rings (SSSR count). The maximum atomic E-state index is 5.18. The second-order valence-corrected chi connectivity index (χ2v) is 12.6. The first kappa shape index (κ1) is 30.9. The van der Waals surface area contributed by atoms with Gasteiger partial charge in [0.05, 0.1) is 5.52 Å². The average molecular weight is 666 g/mol.